The second kappa shape index (κ2) is 5.68. The Hall–Kier alpha value is -1.38. The average Bonchev–Trinajstić information content (AvgIpc) is 3.03. The van der Waals surface area contributed by atoms with E-state index < -0.39 is 10.0 Å². The summed E-state index contributed by atoms with van der Waals surface area (Å²) in [5.41, 5.74) is -0.318. The first-order chi connectivity index (χ1) is 10.4. The van der Waals surface area contributed by atoms with Gasteiger partial charge in [0.1, 0.15) is 5.60 Å². The van der Waals surface area contributed by atoms with Gasteiger partial charge in [-0.1, -0.05) is 0 Å². The van der Waals surface area contributed by atoms with Crippen molar-refractivity contribution in [1.82, 2.24) is 9.62 Å². The Bertz CT molecular complexity index is 634. The number of ether oxygens (including phenoxy) is 1. The minimum atomic E-state index is -3.16. The van der Waals surface area contributed by atoms with E-state index in [2.05, 4.69) is 4.72 Å². The number of furan rings is 1. The Labute approximate surface area is 129 Å². The van der Waals surface area contributed by atoms with Crippen molar-refractivity contribution in [1.29, 1.82) is 0 Å². The minimum absolute atomic E-state index is 0.126. The van der Waals surface area contributed by atoms with Crippen LogP contribution in [-0.4, -0.2) is 57.3 Å². The lowest BCUT2D eigenvalue weighted by atomic mass is 9.79. The first-order valence-corrected chi connectivity index (χ1v) is 9.20. The van der Waals surface area contributed by atoms with Gasteiger partial charge in [-0.05, 0) is 30.9 Å². The van der Waals surface area contributed by atoms with Crippen LogP contribution >= 0.6 is 0 Å². The smallest absolute Gasteiger partial charge is 0.289 e. The number of likely N-dealkylation sites (tertiary alicyclic amines) is 1. The molecule has 2 aliphatic rings. The largest absolute Gasteiger partial charge is 0.459 e. The number of rotatable bonds is 5. The normalized spacial score (nSPS) is 23.7. The molecule has 1 aromatic heterocycles. The summed E-state index contributed by atoms with van der Waals surface area (Å²) in [6.07, 6.45) is 4.25. The number of hydrogen-bond acceptors (Lipinski definition) is 5. The van der Waals surface area contributed by atoms with Crippen LogP contribution in [0.2, 0.25) is 0 Å². The van der Waals surface area contributed by atoms with Crippen LogP contribution in [0.15, 0.2) is 22.8 Å². The first-order valence-electron chi connectivity index (χ1n) is 7.31. The van der Waals surface area contributed by atoms with Crippen molar-refractivity contribution in [3.05, 3.63) is 24.2 Å². The molecule has 1 N–H and O–H groups in total. The molecule has 22 heavy (non-hydrogen) atoms. The van der Waals surface area contributed by atoms with Gasteiger partial charge in [0.2, 0.25) is 10.0 Å². The molecule has 0 saturated carbocycles. The molecule has 0 aliphatic carbocycles. The third-order valence-electron chi connectivity index (χ3n) is 4.39. The summed E-state index contributed by atoms with van der Waals surface area (Å²) in [4.78, 5) is 13.9. The molecule has 8 heteroatoms. The highest BCUT2D eigenvalue weighted by atomic mass is 32.2. The molecular formula is C14H20N2O5S. The van der Waals surface area contributed by atoms with E-state index >= 15 is 0 Å². The molecule has 0 radical (unpaired) electrons. The molecule has 122 valence electrons. The second-order valence-corrected chi connectivity index (χ2v) is 7.83. The van der Waals surface area contributed by atoms with Crippen molar-refractivity contribution in [2.75, 3.05) is 32.5 Å². The summed E-state index contributed by atoms with van der Waals surface area (Å²) in [5, 5.41) is 0. The van der Waals surface area contributed by atoms with E-state index in [1.807, 2.05) is 0 Å². The molecule has 2 aliphatic heterocycles. The number of nitrogens with zero attached hydrogens (tertiary/aromatic N) is 1. The van der Waals surface area contributed by atoms with Crippen LogP contribution in [0.5, 0.6) is 0 Å². The SMILES string of the molecule is CS(=O)(=O)NCCC1CCOC12CN(C(=O)c1ccco1)C2. The number of hydrogen-bond donors (Lipinski definition) is 1. The molecule has 1 spiro atoms. The minimum Gasteiger partial charge on any atom is -0.459 e. The maximum atomic E-state index is 12.2. The lowest BCUT2D eigenvalue weighted by Gasteiger charge is -2.50. The molecule has 1 atom stereocenters. The average molecular weight is 328 g/mol. The molecule has 3 heterocycles. The van der Waals surface area contributed by atoms with Gasteiger partial charge in [-0.3, -0.25) is 4.79 Å². The molecule has 1 unspecified atom stereocenters. The van der Waals surface area contributed by atoms with Crippen molar-refractivity contribution >= 4 is 15.9 Å². The Morgan fingerprint density at radius 2 is 2.27 bits per heavy atom. The van der Waals surface area contributed by atoms with Gasteiger partial charge in [0.05, 0.1) is 25.6 Å². The van der Waals surface area contributed by atoms with Crippen molar-refractivity contribution in [3.8, 4) is 0 Å². The summed E-state index contributed by atoms with van der Waals surface area (Å²) in [7, 11) is -3.16. The Kier molecular flexibility index (Phi) is 4.00. The predicted molar refractivity (Wildman–Crippen MR) is 78.9 cm³/mol. The van der Waals surface area contributed by atoms with Crippen LogP contribution in [0.1, 0.15) is 23.4 Å². The first kappa shape index (κ1) is 15.5. The van der Waals surface area contributed by atoms with Crippen molar-refractivity contribution < 1.29 is 22.4 Å². The molecule has 1 amide bonds. The number of sulfonamides is 1. The summed E-state index contributed by atoms with van der Waals surface area (Å²) in [5.74, 6) is 0.477. The van der Waals surface area contributed by atoms with E-state index in [0.717, 1.165) is 19.1 Å². The van der Waals surface area contributed by atoms with E-state index in [9.17, 15) is 13.2 Å². The van der Waals surface area contributed by atoms with Gasteiger partial charge in [-0.25, -0.2) is 13.1 Å². The molecule has 0 aromatic carbocycles. The molecule has 1 aromatic rings. The van der Waals surface area contributed by atoms with E-state index in [4.69, 9.17) is 9.15 Å². The van der Waals surface area contributed by atoms with E-state index in [1.54, 1.807) is 17.0 Å². The lowest BCUT2D eigenvalue weighted by molar-refractivity contribution is -0.118. The molecule has 7 nitrogen and oxygen atoms in total. The molecular weight excluding hydrogens is 308 g/mol. The van der Waals surface area contributed by atoms with Crippen LogP contribution in [0.3, 0.4) is 0 Å². The van der Waals surface area contributed by atoms with Gasteiger partial charge < -0.3 is 14.1 Å². The van der Waals surface area contributed by atoms with Gasteiger partial charge in [0.25, 0.3) is 5.91 Å². The highest BCUT2D eigenvalue weighted by Gasteiger charge is 2.54. The lowest BCUT2D eigenvalue weighted by Crippen LogP contribution is -2.66. The van der Waals surface area contributed by atoms with Crippen molar-refractivity contribution in [3.63, 3.8) is 0 Å². The zero-order chi connectivity index (χ0) is 15.8. The Balaban J connectivity index is 1.55. The fourth-order valence-electron chi connectivity index (χ4n) is 3.26. The van der Waals surface area contributed by atoms with Gasteiger partial charge in [-0.15, -0.1) is 0 Å². The monoisotopic (exact) mass is 328 g/mol. The summed E-state index contributed by atoms with van der Waals surface area (Å²) in [6, 6.07) is 3.34. The van der Waals surface area contributed by atoms with Gasteiger partial charge in [0, 0.05) is 13.2 Å². The second-order valence-electron chi connectivity index (χ2n) is 5.99. The van der Waals surface area contributed by atoms with E-state index in [0.29, 0.717) is 32.0 Å². The van der Waals surface area contributed by atoms with E-state index in [1.165, 1.54) is 6.26 Å². The molecule has 0 bridgehead atoms. The summed E-state index contributed by atoms with van der Waals surface area (Å²) < 4.78 is 35.7. The van der Waals surface area contributed by atoms with Gasteiger partial charge in [-0.2, -0.15) is 0 Å². The molecule has 2 saturated heterocycles. The predicted octanol–water partition coefficient (Wildman–Crippen LogP) is 0.450. The zero-order valence-corrected chi connectivity index (χ0v) is 13.3. The number of amides is 1. The summed E-state index contributed by atoms with van der Waals surface area (Å²) in [6.45, 7) is 2.14. The third-order valence-corrected chi connectivity index (χ3v) is 5.12. The van der Waals surface area contributed by atoms with Crippen LogP contribution in [0, 0.1) is 5.92 Å². The molecule has 2 fully saturated rings. The highest BCUT2D eigenvalue weighted by molar-refractivity contribution is 7.88. The van der Waals surface area contributed by atoms with Crippen LogP contribution < -0.4 is 4.72 Å². The van der Waals surface area contributed by atoms with Gasteiger partial charge in [0.15, 0.2) is 5.76 Å². The quantitative estimate of drug-likeness (QED) is 0.848. The van der Waals surface area contributed by atoms with Crippen LogP contribution in [0.25, 0.3) is 0 Å². The fourth-order valence-corrected chi connectivity index (χ4v) is 3.75. The Morgan fingerprint density at radius 3 is 2.91 bits per heavy atom. The number of carbonyl (C=O) groups is 1. The third kappa shape index (κ3) is 3.04. The van der Waals surface area contributed by atoms with Crippen LogP contribution in [-0.2, 0) is 14.8 Å². The maximum Gasteiger partial charge on any atom is 0.289 e. The fraction of sp³-hybridized carbons (Fsp3) is 0.643. The topological polar surface area (TPSA) is 88.9 Å². The maximum absolute atomic E-state index is 12.2. The highest BCUT2D eigenvalue weighted by Crippen LogP contribution is 2.42. The molecule has 3 rings (SSSR count). The van der Waals surface area contributed by atoms with Crippen LogP contribution in [0.4, 0.5) is 0 Å². The van der Waals surface area contributed by atoms with E-state index in [-0.39, 0.29) is 17.4 Å². The summed E-state index contributed by atoms with van der Waals surface area (Å²) >= 11 is 0. The number of carbonyl (C=O) groups excluding carboxylic acids is 1. The van der Waals surface area contributed by atoms with Crippen molar-refractivity contribution in [2.24, 2.45) is 5.92 Å². The number of nitrogens with one attached hydrogen (secondary N) is 1. The van der Waals surface area contributed by atoms with Gasteiger partial charge >= 0.3 is 0 Å². The standard InChI is InChI=1S/C14H20N2O5S/c1-22(18,19)15-6-4-11-5-8-21-14(11)9-16(10-14)13(17)12-3-2-7-20-12/h2-3,7,11,15H,4-6,8-10H2,1H3. The van der Waals surface area contributed by atoms with Crippen molar-refractivity contribution in [2.45, 2.75) is 18.4 Å². The Morgan fingerprint density at radius 1 is 1.50 bits per heavy atom. The zero-order valence-electron chi connectivity index (χ0n) is 12.4.